The van der Waals surface area contributed by atoms with Crippen LogP contribution in [0.5, 0.6) is 0 Å². The van der Waals surface area contributed by atoms with Gasteiger partial charge in [-0.3, -0.25) is 0 Å². The second-order valence-corrected chi connectivity index (χ2v) is 5.22. The molecule has 1 aliphatic rings. The summed E-state index contributed by atoms with van der Waals surface area (Å²) in [5.74, 6) is 0. The molecule has 0 aromatic heterocycles. The van der Waals surface area contributed by atoms with E-state index in [1.807, 2.05) is 12.1 Å². The third kappa shape index (κ3) is 2.97. The number of hydrogen-bond acceptors (Lipinski definition) is 3. The van der Waals surface area contributed by atoms with Crippen LogP contribution in [0, 0.1) is 0 Å². The first-order chi connectivity index (χ1) is 8.76. The van der Waals surface area contributed by atoms with Crippen LogP contribution in [0.25, 0.3) is 0 Å². The maximum absolute atomic E-state index is 9.44. The lowest BCUT2D eigenvalue weighted by atomic mass is 10.1. The van der Waals surface area contributed by atoms with Gasteiger partial charge in [0.2, 0.25) is 0 Å². The molecule has 1 aromatic rings. The molecule has 0 amide bonds. The lowest BCUT2D eigenvalue weighted by Gasteiger charge is -2.32. The van der Waals surface area contributed by atoms with E-state index in [1.165, 1.54) is 12.8 Å². The van der Waals surface area contributed by atoms with Crippen molar-refractivity contribution in [1.29, 1.82) is 0 Å². The van der Waals surface area contributed by atoms with Crippen molar-refractivity contribution in [2.45, 2.75) is 38.3 Å². The Morgan fingerprint density at radius 2 is 1.94 bits per heavy atom. The molecule has 1 aliphatic carbocycles. The van der Waals surface area contributed by atoms with Crippen LogP contribution in [0.3, 0.4) is 0 Å². The first kappa shape index (κ1) is 13.7. The van der Waals surface area contributed by atoms with Crippen LogP contribution in [0.1, 0.15) is 31.2 Å². The molecule has 0 spiro atoms. The lowest BCUT2D eigenvalue weighted by molar-refractivity contribution is 0.279. The number of anilines is 1. The molecular weight excluding hydrogens is 250 g/mol. The van der Waals surface area contributed by atoms with E-state index in [4.69, 9.17) is 11.6 Å². The second-order valence-electron chi connectivity index (χ2n) is 4.79. The van der Waals surface area contributed by atoms with Crippen LogP contribution >= 0.6 is 11.6 Å². The van der Waals surface area contributed by atoms with Gasteiger partial charge < -0.3 is 15.1 Å². The van der Waals surface area contributed by atoms with Gasteiger partial charge in [-0.2, -0.15) is 0 Å². The Bertz CT molecular complexity index is 391. The topological polar surface area (TPSA) is 43.7 Å². The molecule has 3 nitrogen and oxygen atoms in total. The summed E-state index contributed by atoms with van der Waals surface area (Å²) in [6.45, 7) is 0.715. The Kier molecular flexibility index (Phi) is 4.87. The Morgan fingerprint density at radius 1 is 1.22 bits per heavy atom. The van der Waals surface area contributed by atoms with Crippen LogP contribution in [-0.4, -0.2) is 29.4 Å². The van der Waals surface area contributed by atoms with Gasteiger partial charge in [-0.05, 0) is 25.0 Å². The molecule has 2 N–H and O–H groups in total. The molecule has 1 fully saturated rings. The second kappa shape index (κ2) is 6.41. The van der Waals surface area contributed by atoms with Gasteiger partial charge in [0.05, 0.1) is 13.2 Å². The van der Waals surface area contributed by atoms with E-state index < -0.39 is 0 Å². The van der Waals surface area contributed by atoms with Gasteiger partial charge in [-0.15, -0.1) is 0 Å². The number of aliphatic hydroxyl groups excluding tert-OH is 2. The molecule has 0 radical (unpaired) electrons. The fourth-order valence-electron chi connectivity index (χ4n) is 2.76. The quantitative estimate of drug-likeness (QED) is 0.864. The van der Waals surface area contributed by atoms with Crippen molar-refractivity contribution < 1.29 is 10.2 Å². The number of nitrogens with zero attached hydrogens (tertiary/aromatic N) is 1. The summed E-state index contributed by atoms with van der Waals surface area (Å²) < 4.78 is 0. The maximum atomic E-state index is 9.44. The van der Waals surface area contributed by atoms with Crippen LogP contribution in [0.2, 0.25) is 5.02 Å². The first-order valence-corrected chi connectivity index (χ1v) is 6.91. The summed E-state index contributed by atoms with van der Waals surface area (Å²) >= 11 is 6.05. The van der Waals surface area contributed by atoms with E-state index in [0.717, 1.165) is 24.1 Å². The zero-order chi connectivity index (χ0) is 13.0. The number of halogens is 1. The predicted octanol–water partition coefficient (Wildman–Crippen LogP) is 2.57. The number of aliphatic hydroxyl groups is 2. The van der Waals surface area contributed by atoms with E-state index >= 15 is 0 Å². The highest BCUT2D eigenvalue weighted by molar-refractivity contribution is 6.30. The highest BCUT2D eigenvalue weighted by Gasteiger charge is 2.24. The normalized spacial score (nSPS) is 16.2. The largest absolute Gasteiger partial charge is 0.395 e. The molecule has 18 heavy (non-hydrogen) atoms. The zero-order valence-electron chi connectivity index (χ0n) is 10.5. The molecule has 0 bridgehead atoms. The standard InChI is InChI=1S/C14H20ClNO2/c15-12-6-5-11(10-18)14(9-12)16(7-8-17)13-3-1-2-4-13/h5-6,9,13,17-18H,1-4,7-8,10H2. The summed E-state index contributed by atoms with van der Waals surface area (Å²) in [5.41, 5.74) is 1.84. The van der Waals surface area contributed by atoms with Crippen LogP contribution in [-0.2, 0) is 6.61 Å². The van der Waals surface area contributed by atoms with Crippen molar-refractivity contribution in [2.75, 3.05) is 18.1 Å². The van der Waals surface area contributed by atoms with Gasteiger partial charge in [0.25, 0.3) is 0 Å². The van der Waals surface area contributed by atoms with E-state index in [1.54, 1.807) is 6.07 Å². The fourth-order valence-corrected chi connectivity index (χ4v) is 2.93. The molecular formula is C14H20ClNO2. The lowest BCUT2D eigenvalue weighted by Crippen LogP contribution is -2.36. The van der Waals surface area contributed by atoms with Crippen LogP contribution < -0.4 is 4.90 Å². The molecule has 0 atom stereocenters. The van der Waals surface area contributed by atoms with Crippen molar-refractivity contribution in [1.82, 2.24) is 0 Å². The third-order valence-corrected chi connectivity index (χ3v) is 3.87. The van der Waals surface area contributed by atoms with Gasteiger partial charge >= 0.3 is 0 Å². The van der Waals surface area contributed by atoms with Crippen LogP contribution in [0.15, 0.2) is 18.2 Å². The highest BCUT2D eigenvalue weighted by atomic mass is 35.5. The molecule has 0 saturated heterocycles. The molecule has 4 heteroatoms. The number of hydrogen-bond donors (Lipinski definition) is 2. The van der Waals surface area contributed by atoms with E-state index in [9.17, 15) is 10.2 Å². The summed E-state index contributed by atoms with van der Waals surface area (Å²) in [5, 5.41) is 19.4. The van der Waals surface area contributed by atoms with Gasteiger partial charge in [0, 0.05) is 28.9 Å². The molecule has 0 heterocycles. The molecule has 2 rings (SSSR count). The number of rotatable bonds is 5. The minimum Gasteiger partial charge on any atom is -0.395 e. The maximum Gasteiger partial charge on any atom is 0.0702 e. The van der Waals surface area contributed by atoms with E-state index in [0.29, 0.717) is 17.6 Å². The molecule has 100 valence electrons. The van der Waals surface area contributed by atoms with E-state index in [-0.39, 0.29) is 13.2 Å². The fraction of sp³-hybridized carbons (Fsp3) is 0.571. The summed E-state index contributed by atoms with van der Waals surface area (Å²) in [4.78, 5) is 2.20. The van der Waals surface area contributed by atoms with Gasteiger partial charge in [-0.1, -0.05) is 30.5 Å². The smallest absolute Gasteiger partial charge is 0.0702 e. The zero-order valence-corrected chi connectivity index (χ0v) is 11.2. The Balaban J connectivity index is 2.31. The van der Waals surface area contributed by atoms with Crippen molar-refractivity contribution in [3.05, 3.63) is 28.8 Å². The molecule has 0 unspecified atom stereocenters. The molecule has 1 saturated carbocycles. The van der Waals surface area contributed by atoms with Crippen LogP contribution in [0.4, 0.5) is 5.69 Å². The Hall–Kier alpha value is -0.770. The Morgan fingerprint density at radius 3 is 2.56 bits per heavy atom. The summed E-state index contributed by atoms with van der Waals surface area (Å²) in [6, 6.07) is 6.00. The van der Waals surface area contributed by atoms with Crippen molar-refractivity contribution in [3.63, 3.8) is 0 Å². The predicted molar refractivity (Wildman–Crippen MR) is 74.1 cm³/mol. The van der Waals surface area contributed by atoms with E-state index in [2.05, 4.69) is 4.90 Å². The van der Waals surface area contributed by atoms with Gasteiger partial charge in [-0.25, -0.2) is 0 Å². The monoisotopic (exact) mass is 269 g/mol. The SMILES string of the molecule is OCCN(c1cc(Cl)ccc1CO)C1CCCC1. The molecule has 1 aromatic carbocycles. The highest BCUT2D eigenvalue weighted by Crippen LogP contribution is 2.32. The first-order valence-electron chi connectivity index (χ1n) is 6.53. The summed E-state index contributed by atoms with van der Waals surface area (Å²) in [6.07, 6.45) is 4.78. The minimum atomic E-state index is 0.00114. The third-order valence-electron chi connectivity index (χ3n) is 3.63. The average molecular weight is 270 g/mol. The van der Waals surface area contributed by atoms with Gasteiger partial charge in [0.15, 0.2) is 0 Å². The average Bonchev–Trinajstić information content (AvgIpc) is 2.89. The minimum absolute atomic E-state index is 0.00114. The van der Waals surface area contributed by atoms with Crippen molar-refractivity contribution in [2.24, 2.45) is 0 Å². The van der Waals surface area contributed by atoms with Crippen molar-refractivity contribution in [3.8, 4) is 0 Å². The Labute approximate surface area is 113 Å². The summed E-state index contributed by atoms with van der Waals surface area (Å²) in [7, 11) is 0. The molecule has 0 aliphatic heterocycles. The van der Waals surface area contributed by atoms with Crippen molar-refractivity contribution >= 4 is 17.3 Å². The number of benzene rings is 1. The van der Waals surface area contributed by atoms with Gasteiger partial charge in [0.1, 0.15) is 0 Å².